The molecule has 19 heavy (non-hydrogen) atoms. The fourth-order valence-electron chi connectivity index (χ4n) is 2.15. The van der Waals surface area contributed by atoms with E-state index in [0.717, 1.165) is 26.1 Å². The molecule has 102 valence electrons. The Morgan fingerprint density at radius 3 is 2.47 bits per heavy atom. The van der Waals surface area contributed by atoms with Crippen LogP contribution in [0.1, 0.15) is 37.7 Å². The molecule has 0 radical (unpaired) electrons. The van der Waals surface area contributed by atoms with Crippen LogP contribution in [0.4, 0.5) is 0 Å². The van der Waals surface area contributed by atoms with Gasteiger partial charge in [0.05, 0.1) is 0 Å². The second-order valence-corrected chi connectivity index (χ2v) is 5.03. The van der Waals surface area contributed by atoms with E-state index in [4.69, 9.17) is 9.47 Å². The Hall–Kier alpha value is -0.263. The SMILES string of the molecule is [Li][CH2]CCC(CCCCOCc1ccccc1)OC. The van der Waals surface area contributed by atoms with E-state index in [0.29, 0.717) is 6.10 Å². The van der Waals surface area contributed by atoms with Crippen LogP contribution in [0.2, 0.25) is 5.09 Å². The Morgan fingerprint density at radius 1 is 1.05 bits per heavy atom. The molecule has 1 aromatic carbocycles. The van der Waals surface area contributed by atoms with Gasteiger partial charge in [0.1, 0.15) is 0 Å². The number of ether oxygens (including phenoxy) is 2. The van der Waals surface area contributed by atoms with Gasteiger partial charge in [-0.15, -0.1) is 0 Å². The Morgan fingerprint density at radius 2 is 1.79 bits per heavy atom. The number of rotatable bonds is 11. The van der Waals surface area contributed by atoms with Crippen molar-refractivity contribution >= 4 is 17.7 Å². The van der Waals surface area contributed by atoms with Crippen molar-refractivity contribution in [3.05, 3.63) is 35.9 Å². The molecule has 0 aliphatic carbocycles. The summed E-state index contributed by atoms with van der Waals surface area (Å²) < 4.78 is 11.2. The van der Waals surface area contributed by atoms with Crippen LogP contribution in [0.15, 0.2) is 30.3 Å². The summed E-state index contributed by atoms with van der Waals surface area (Å²) in [5.74, 6) is 0. The Bertz CT molecular complexity index is 303. The van der Waals surface area contributed by atoms with E-state index in [1.807, 2.05) is 13.2 Å². The van der Waals surface area contributed by atoms with Crippen LogP contribution in [0.25, 0.3) is 0 Å². The van der Waals surface area contributed by atoms with Crippen LogP contribution < -0.4 is 0 Å². The standard InChI is InChI=1S/C16H25O2.Li/c1-3-9-16(17-2)12-7-8-13-18-14-15-10-5-4-6-11-15;/h4-6,10-11,16H,1,3,7-9,12-14H2,2H3;. The van der Waals surface area contributed by atoms with Gasteiger partial charge in [-0.25, -0.2) is 0 Å². The molecule has 0 saturated heterocycles. The minimum atomic E-state index is 0.439. The molecule has 0 amide bonds. The van der Waals surface area contributed by atoms with E-state index < -0.39 is 0 Å². The molecule has 0 aromatic heterocycles. The van der Waals surface area contributed by atoms with Crippen LogP contribution in [0.3, 0.4) is 0 Å². The molecule has 1 unspecified atom stereocenters. The first kappa shape index (κ1) is 16.8. The summed E-state index contributed by atoms with van der Waals surface area (Å²) in [6, 6.07) is 10.3. The predicted octanol–water partition coefficient (Wildman–Crippen LogP) is 3.76. The average molecular weight is 256 g/mol. The van der Waals surface area contributed by atoms with Crippen LogP contribution in [-0.2, 0) is 16.1 Å². The molecule has 1 aromatic rings. The van der Waals surface area contributed by atoms with Crippen molar-refractivity contribution in [2.45, 2.75) is 49.9 Å². The fourth-order valence-corrected chi connectivity index (χ4v) is 2.15. The van der Waals surface area contributed by atoms with E-state index in [9.17, 15) is 0 Å². The van der Waals surface area contributed by atoms with Gasteiger partial charge in [0, 0.05) is 0 Å². The normalized spacial score (nSPS) is 12.6. The first-order chi connectivity index (χ1) is 9.36. The molecule has 0 bridgehead atoms. The number of hydrogen-bond donors (Lipinski definition) is 0. The molecule has 0 fully saturated rings. The van der Waals surface area contributed by atoms with Gasteiger partial charge in [-0.3, -0.25) is 0 Å². The minimum absolute atomic E-state index is 0.439. The van der Waals surface area contributed by atoms with E-state index in [1.165, 1.54) is 29.9 Å². The van der Waals surface area contributed by atoms with Crippen LogP contribution in [-0.4, -0.2) is 37.5 Å². The van der Waals surface area contributed by atoms with Gasteiger partial charge >= 0.3 is 109 Å². The Kier molecular flexibility index (Phi) is 10.2. The molecule has 2 nitrogen and oxygen atoms in total. The van der Waals surface area contributed by atoms with Crippen molar-refractivity contribution in [3.63, 3.8) is 0 Å². The van der Waals surface area contributed by atoms with Gasteiger partial charge in [0.25, 0.3) is 0 Å². The molecule has 0 aliphatic rings. The van der Waals surface area contributed by atoms with Crippen molar-refractivity contribution in [1.82, 2.24) is 0 Å². The van der Waals surface area contributed by atoms with Crippen LogP contribution >= 0.6 is 0 Å². The van der Waals surface area contributed by atoms with Crippen molar-refractivity contribution < 1.29 is 9.47 Å². The first-order valence-corrected chi connectivity index (χ1v) is 7.51. The number of hydrogen-bond acceptors (Lipinski definition) is 2. The number of benzene rings is 1. The zero-order valence-electron chi connectivity index (χ0n) is 12.4. The van der Waals surface area contributed by atoms with Gasteiger partial charge < -0.3 is 0 Å². The second-order valence-electron chi connectivity index (χ2n) is 5.03. The van der Waals surface area contributed by atoms with E-state index in [2.05, 4.69) is 42.0 Å². The van der Waals surface area contributed by atoms with Gasteiger partial charge in [0.2, 0.25) is 0 Å². The monoisotopic (exact) mass is 256 g/mol. The van der Waals surface area contributed by atoms with E-state index >= 15 is 0 Å². The first-order valence-electron chi connectivity index (χ1n) is 7.51. The summed E-state index contributed by atoms with van der Waals surface area (Å²) in [6.45, 7) is 1.57. The van der Waals surface area contributed by atoms with Crippen LogP contribution in [0.5, 0.6) is 0 Å². The van der Waals surface area contributed by atoms with Crippen LogP contribution in [0, 0.1) is 0 Å². The molecular weight excluding hydrogens is 231 g/mol. The van der Waals surface area contributed by atoms with Crippen molar-refractivity contribution in [1.29, 1.82) is 0 Å². The van der Waals surface area contributed by atoms with Crippen molar-refractivity contribution in [2.24, 2.45) is 0 Å². The zero-order chi connectivity index (χ0) is 13.8. The van der Waals surface area contributed by atoms with Gasteiger partial charge in [0.15, 0.2) is 0 Å². The molecule has 0 spiro atoms. The molecule has 0 N–H and O–H groups in total. The summed E-state index contributed by atoms with van der Waals surface area (Å²) >= 11 is 2.23. The maximum absolute atomic E-state index is 5.68. The topological polar surface area (TPSA) is 18.5 Å². The fraction of sp³-hybridized carbons (Fsp3) is 0.625. The third-order valence-electron chi connectivity index (χ3n) is 3.39. The summed E-state index contributed by atoms with van der Waals surface area (Å²) in [6.07, 6.45) is 6.37. The maximum atomic E-state index is 5.68. The molecular formula is C16H25LiO2. The Labute approximate surface area is 127 Å². The molecule has 1 atom stereocenters. The third-order valence-corrected chi connectivity index (χ3v) is 3.39. The predicted molar refractivity (Wildman–Crippen MR) is 80.5 cm³/mol. The van der Waals surface area contributed by atoms with E-state index in [-0.39, 0.29) is 0 Å². The third kappa shape index (κ3) is 8.50. The summed E-state index contributed by atoms with van der Waals surface area (Å²) in [5, 5.41) is 1.25. The average Bonchev–Trinajstić information content (AvgIpc) is 2.47. The summed E-state index contributed by atoms with van der Waals surface area (Å²) in [4.78, 5) is 0. The van der Waals surface area contributed by atoms with Crippen molar-refractivity contribution in [3.8, 4) is 0 Å². The van der Waals surface area contributed by atoms with Crippen molar-refractivity contribution in [2.75, 3.05) is 13.7 Å². The summed E-state index contributed by atoms with van der Waals surface area (Å²) in [5.41, 5.74) is 1.25. The number of unbranched alkanes of at least 4 members (excludes halogenated alkanes) is 1. The molecule has 3 heteroatoms. The van der Waals surface area contributed by atoms with Gasteiger partial charge in [-0.2, -0.15) is 0 Å². The Balaban J connectivity index is 1.98. The summed E-state index contributed by atoms with van der Waals surface area (Å²) in [7, 11) is 1.83. The molecule has 0 heterocycles. The van der Waals surface area contributed by atoms with Gasteiger partial charge in [-0.05, 0) is 0 Å². The van der Waals surface area contributed by atoms with Gasteiger partial charge in [-0.1, -0.05) is 18.2 Å². The molecule has 0 aliphatic heterocycles. The zero-order valence-corrected chi connectivity index (χ0v) is 12.4. The quantitative estimate of drug-likeness (QED) is 0.443. The second kappa shape index (κ2) is 11.6. The molecule has 0 saturated carbocycles. The van der Waals surface area contributed by atoms with E-state index in [1.54, 1.807) is 0 Å². The molecule has 1 rings (SSSR count). The number of methoxy groups -OCH3 is 1.